The second kappa shape index (κ2) is 5.96. The van der Waals surface area contributed by atoms with Crippen molar-refractivity contribution in [3.05, 3.63) is 31.5 Å². The van der Waals surface area contributed by atoms with Gasteiger partial charge in [-0.1, -0.05) is 0 Å². The van der Waals surface area contributed by atoms with Crippen molar-refractivity contribution in [3.8, 4) is 0 Å². The third-order valence-electron chi connectivity index (χ3n) is 2.30. The molecule has 7 nitrogen and oxygen atoms in total. The molecule has 1 aromatic rings. The lowest BCUT2D eigenvalue weighted by molar-refractivity contribution is -0.137. The van der Waals surface area contributed by atoms with Gasteiger partial charge in [0.15, 0.2) is 0 Å². The van der Waals surface area contributed by atoms with E-state index in [0.29, 0.717) is 0 Å². The van der Waals surface area contributed by atoms with Gasteiger partial charge in [0.05, 0.1) is 17.1 Å². The number of aromatic nitrogens is 2. The molecular formula is C10H13BrN2O5. The first kappa shape index (κ1) is 14.7. The maximum Gasteiger partial charge on any atom is 0.331 e. The molecule has 0 aliphatic rings. The van der Waals surface area contributed by atoms with Gasteiger partial charge in [-0.05, 0) is 22.9 Å². The van der Waals surface area contributed by atoms with Crippen LogP contribution in [0.2, 0.25) is 0 Å². The molecule has 1 atom stereocenters. The highest BCUT2D eigenvalue weighted by molar-refractivity contribution is 9.10. The van der Waals surface area contributed by atoms with Gasteiger partial charge in [-0.15, -0.1) is 0 Å². The molecule has 1 rings (SSSR count). The quantitative estimate of drug-likeness (QED) is 0.828. The van der Waals surface area contributed by atoms with Gasteiger partial charge in [-0.25, -0.2) is 4.79 Å². The van der Waals surface area contributed by atoms with Crippen LogP contribution in [0.25, 0.3) is 0 Å². The van der Waals surface area contributed by atoms with Crippen molar-refractivity contribution in [1.82, 2.24) is 9.13 Å². The number of nitrogens with zero attached hydrogens (tertiary/aromatic N) is 2. The van der Waals surface area contributed by atoms with E-state index >= 15 is 0 Å². The predicted molar refractivity (Wildman–Crippen MR) is 66.9 cm³/mol. The summed E-state index contributed by atoms with van der Waals surface area (Å²) in [5.74, 6) is -1.16. The van der Waals surface area contributed by atoms with Crippen molar-refractivity contribution in [2.24, 2.45) is 0 Å². The van der Waals surface area contributed by atoms with Crippen molar-refractivity contribution >= 4 is 21.9 Å². The van der Waals surface area contributed by atoms with Crippen LogP contribution in [0.1, 0.15) is 13.0 Å². The van der Waals surface area contributed by atoms with Crippen molar-refractivity contribution in [2.75, 3.05) is 13.7 Å². The summed E-state index contributed by atoms with van der Waals surface area (Å²) in [6, 6.07) is -0.479. The Morgan fingerprint density at radius 3 is 2.67 bits per heavy atom. The third-order valence-corrected chi connectivity index (χ3v) is 2.84. The Morgan fingerprint density at radius 1 is 1.56 bits per heavy atom. The molecular weight excluding hydrogens is 308 g/mol. The first-order valence-electron chi connectivity index (χ1n) is 5.10. The Balaban J connectivity index is 3.40. The predicted octanol–water partition coefficient (Wildman–Crippen LogP) is 0.0645. The summed E-state index contributed by atoms with van der Waals surface area (Å²) in [4.78, 5) is 34.5. The molecule has 1 heterocycles. The van der Waals surface area contributed by atoms with Crippen LogP contribution in [0, 0.1) is 0 Å². The van der Waals surface area contributed by atoms with E-state index < -0.39 is 29.8 Å². The molecule has 0 aliphatic carbocycles. The van der Waals surface area contributed by atoms with E-state index in [4.69, 9.17) is 9.84 Å². The van der Waals surface area contributed by atoms with Crippen LogP contribution in [0.4, 0.5) is 0 Å². The van der Waals surface area contributed by atoms with E-state index in [1.54, 1.807) is 6.92 Å². The third kappa shape index (κ3) is 3.08. The highest BCUT2D eigenvalue weighted by Gasteiger charge is 2.16. The summed E-state index contributed by atoms with van der Waals surface area (Å²) < 4.78 is 6.95. The average molecular weight is 321 g/mol. The summed E-state index contributed by atoms with van der Waals surface area (Å²) in [5, 5.41) is 8.70. The molecule has 18 heavy (non-hydrogen) atoms. The maximum atomic E-state index is 12.0. The van der Waals surface area contributed by atoms with Gasteiger partial charge in [-0.2, -0.15) is 0 Å². The minimum atomic E-state index is -1.16. The number of hydrogen-bond donors (Lipinski definition) is 1. The van der Waals surface area contributed by atoms with Crippen molar-refractivity contribution in [2.45, 2.75) is 19.5 Å². The van der Waals surface area contributed by atoms with Gasteiger partial charge in [0.2, 0.25) is 0 Å². The molecule has 0 aromatic carbocycles. The molecule has 0 saturated heterocycles. The molecule has 0 fully saturated rings. The van der Waals surface area contributed by atoms with Crippen molar-refractivity contribution in [3.63, 3.8) is 0 Å². The lowest BCUT2D eigenvalue weighted by atomic mass is 10.3. The van der Waals surface area contributed by atoms with Gasteiger partial charge in [0.1, 0.15) is 6.54 Å². The fraction of sp³-hybridized carbons (Fsp3) is 0.500. The Hall–Kier alpha value is -1.41. The first-order valence-corrected chi connectivity index (χ1v) is 5.90. The lowest BCUT2D eigenvalue weighted by Crippen LogP contribution is -2.43. The monoisotopic (exact) mass is 320 g/mol. The van der Waals surface area contributed by atoms with Crippen LogP contribution in [-0.2, 0) is 16.1 Å². The van der Waals surface area contributed by atoms with E-state index in [1.165, 1.54) is 13.3 Å². The lowest BCUT2D eigenvalue weighted by Gasteiger charge is -2.15. The second-order valence-corrected chi connectivity index (χ2v) is 4.62. The van der Waals surface area contributed by atoms with Gasteiger partial charge in [0.25, 0.3) is 5.56 Å². The highest BCUT2D eigenvalue weighted by atomic mass is 79.9. The van der Waals surface area contributed by atoms with E-state index in [-0.39, 0.29) is 11.1 Å². The zero-order valence-corrected chi connectivity index (χ0v) is 11.5. The second-order valence-electron chi connectivity index (χ2n) is 3.76. The summed E-state index contributed by atoms with van der Waals surface area (Å²) in [6.45, 7) is 1.32. The van der Waals surface area contributed by atoms with Crippen LogP contribution in [-0.4, -0.2) is 33.9 Å². The topological polar surface area (TPSA) is 90.5 Å². The van der Waals surface area contributed by atoms with E-state index in [2.05, 4.69) is 15.9 Å². The molecule has 0 amide bonds. The zero-order valence-electron chi connectivity index (χ0n) is 9.92. The number of carbonyl (C=O) groups is 1. The molecule has 1 aromatic heterocycles. The number of methoxy groups -OCH3 is 1. The van der Waals surface area contributed by atoms with E-state index in [9.17, 15) is 14.4 Å². The number of ether oxygens (including phenoxy) is 1. The SMILES string of the molecule is COC[C@@H](C)n1c(=O)c(Br)cn(CC(=O)O)c1=O. The maximum absolute atomic E-state index is 12.0. The molecule has 0 bridgehead atoms. The average Bonchev–Trinajstić information content (AvgIpc) is 2.26. The number of carboxylic acids is 1. The van der Waals surface area contributed by atoms with Gasteiger partial charge < -0.3 is 9.84 Å². The Bertz CT molecular complexity index is 562. The number of aliphatic carboxylic acids is 1. The Labute approximate surface area is 111 Å². The molecule has 100 valence electrons. The zero-order chi connectivity index (χ0) is 13.9. The van der Waals surface area contributed by atoms with Gasteiger partial charge >= 0.3 is 11.7 Å². The molecule has 0 unspecified atom stereocenters. The Morgan fingerprint density at radius 2 is 2.17 bits per heavy atom. The van der Waals surface area contributed by atoms with Gasteiger partial charge in [0, 0.05) is 13.3 Å². The number of halogens is 1. The molecule has 0 saturated carbocycles. The Kier molecular flexibility index (Phi) is 4.85. The number of hydrogen-bond acceptors (Lipinski definition) is 4. The smallest absolute Gasteiger partial charge is 0.331 e. The van der Waals surface area contributed by atoms with Gasteiger partial charge in [-0.3, -0.25) is 18.7 Å². The molecule has 0 aliphatic heterocycles. The fourth-order valence-electron chi connectivity index (χ4n) is 1.55. The van der Waals surface area contributed by atoms with Crippen molar-refractivity contribution in [1.29, 1.82) is 0 Å². The van der Waals surface area contributed by atoms with Crippen LogP contribution in [0.15, 0.2) is 20.3 Å². The van der Waals surface area contributed by atoms with Crippen LogP contribution in [0.5, 0.6) is 0 Å². The molecule has 1 N–H and O–H groups in total. The van der Waals surface area contributed by atoms with E-state index in [0.717, 1.165) is 9.13 Å². The van der Waals surface area contributed by atoms with Crippen LogP contribution < -0.4 is 11.2 Å². The molecule has 0 radical (unpaired) electrons. The number of rotatable bonds is 5. The fourth-order valence-corrected chi connectivity index (χ4v) is 1.99. The van der Waals surface area contributed by atoms with Crippen LogP contribution in [0.3, 0.4) is 0 Å². The van der Waals surface area contributed by atoms with E-state index in [1.807, 2.05) is 0 Å². The standard InChI is InChI=1S/C10H13BrN2O5/c1-6(5-18-2)13-9(16)7(11)3-12(10(13)17)4-8(14)15/h3,6H,4-5H2,1-2H3,(H,14,15)/t6-/m1/s1. The summed E-state index contributed by atoms with van der Waals surface area (Å²) in [7, 11) is 1.45. The highest BCUT2D eigenvalue weighted by Crippen LogP contribution is 2.04. The molecule has 0 spiro atoms. The first-order chi connectivity index (χ1) is 8.38. The summed E-state index contributed by atoms with van der Waals surface area (Å²) in [5.41, 5.74) is -1.18. The number of carboxylic acid groups (broad SMARTS) is 1. The normalized spacial score (nSPS) is 12.4. The minimum absolute atomic E-state index is 0.131. The summed E-state index contributed by atoms with van der Waals surface area (Å²) in [6.07, 6.45) is 1.18. The summed E-state index contributed by atoms with van der Waals surface area (Å²) >= 11 is 3.01. The van der Waals surface area contributed by atoms with Crippen molar-refractivity contribution < 1.29 is 14.6 Å². The molecule has 8 heteroatoms. The largest absolute Gasteiger partial charge is 0.480 e. The van der Waals surface area contributed by atoms with Crippen LogP contribution >= 0.6 is 15.9 Å². The minimum Gasteiger partial charge on any atom is -0.480 e.